The van der Waals surface area contributed by atoms with Crippen molar-refractivity contribution in [1.82, 2.24) is 9.21 Å². The normalized spacial score (nSPS) is 14.7. The summed E-state index contributed by atoms with van der Waals surface area (Å²) in [6.45, 7) is 1.16. The van der Waals surface area contributed by atoms with Crippen LogP contribution in [0, 0.1) is 11.3 Å². The standard InChI is InChI=1S/C25H23N3O3S/c26-18-21-10-4-5-11-22(21)23-12-6-7-13-24(23)25(29)27-14-16-28(17-15-27)32(30,31)19-20-8-2-1-3-9-20/h1-13H,14-17,19H2. The summed E-state index contributed by atoms with van der Waals surface area (Å²) in [4.78, 5) is 15.0. The van der Waals surface area contributed by atoms with Gasteiger partial charge in [-0.1, -0.05) is 66.7 Å². The molecule has 0 radical (unpaired) electrons. The lowest BCUT2D eigenvalue weighted by Gasteiger charge is -2.34. The molecule has 1 saturated heterocycles. The number of sulfonamides is 1. The van der Waals surface area contributed by atoms with Crippen molar-refractivity contribution in [1.29, 1.82) is 5.26 Å². The molecule has 0 saturated carbocycles. The van der Waals surface area contributed by atoms with Crippen LogP contribution in [0.3, 0.4) is 0 Å². The fourth-order valence-electron chi connectivity index (χ4n) is 3.94. The van der Waals surface area contributed by atoms with Gasteiger partial charge in [-0.25, -0.2) is 8.42 Å². The molecular formula is C25H23N3O3S. The molecule has 1 aliphatic heterocycles. The number of piperazine rings is 1. The Morgan fingerprint density at radius 2 is 1.41 bits per heavy atom. The van der Waals surface area contributed by atoms with Gasteiger partial charge in [0.25, 0.3) is 5.91 Å². The SMILES string of the molecule is N#Cc1ccccc1-c1ccccc1C(=O)N1CCN(S(=O)(=O)Cc2ccccc2)CC1. The molecule has 1 aliphatic rings. The van der Waals surface area contributed by atoms with Crippen molar-refractivity contribution in [3.8, 4) is 17.2 Å². The fourth-order valence-corrected chi connectivity index (χ4v) is 5.45. The number of carbonyl (C=O) groups excluding carboxylic acids is 1. The van der Waals surface area contributed by atoms with Crippen molar-refractivity contribution >= 4 is 15.9 Å². The van der Waals surface area contributed by atoms with Gasteiger partial charge in [-0.3, -0.25) is 4.79 Å². The first-order valence-corrected chi connectivity index (χ1v) is 12.0. The van der Waals surface area contributed by atoms with E-state index < -0.39 is 10.0 Å². The second kappa shape index (κ2) is 9.35. The maximum atomic E-state index is 13.3. The molecule has 1 heterocycles. The molecule has 1 fully saturated rings. The Hall–Kier alpha value is -3.47. The van der Waals surface area contributed by atoms with Crippen LogP contribution < -0.4 is 0 Å². The smallest absolute Gasteiger partial charge is 0.254 e. The maximum absolute atomic E-state index is 13.3. The van der Waals surface area contributed by atoms with E-state index in [1.807, 2.05) is 42.5 Å². The van der Waals surface area contributed by atoms with Crippen molar-refractivity contribution in [2.45, 2.75) is 5.75 Å². The van der Waals surface area contributed by atoms with Gasteiger partial charge in [0.2, 0.25) is 10.0 Å². The lowest BCUT2D eigenvalue weighted by atomic mass is 9.95. The molecule has 1 amide bonds. The minimum Gasteiger partial charge on any atom is -0.336 e. The number of hydrogen-bond donors (Lipinski definition) is 0. The van der Waals surface area contributed by atoms with E-state index in [0.29, 0.717) is 35.3 Å². The second-order valence-electron chi connectivity index (χ2n) is 7.64. The largest absolute Gasteiger partial charge is 0.336 e. The average Bonchev–Trinajstić information content (AvgIpc) is 2.84. The first-order chi connectivity index (χ1) is 15.5. The summed E-state index contributed by atoms with van der Waals surface area (Å²) >= 11 is 0. The Labute approximate surface area is 188 Å². The molecule has 0 atom stereocenters. The Morgan fingerprint density at radius 3 is 2.09 bits per heavy atom. The van der Waals surface area contributed by atoms with Crippen LogP contribution >= 0.6 is 0 Å². The Morgan fingerprint density at radius 1 is 0.812 bits per heavy atom. The monoisotopic (exact) mass is 445 g/mol. The van der Waals surface area contributed by atoms with Crippen molar-refractivity contribution in [2.75, 3.05) is 26.2 Å². The summed E-state index contributed by atoms with van der Waals surface area (Å²) in [5.41, 5.74) is 3.17. The minimum atomic E-state index is -3.45. The van der Waals surface area contributed by atoms with Gasteiger partial charge >= 0.3 is 0 Å². The van der Waals surface area contributed by atoms with Crippen LogP contribution in [0.25, 0.3) is 11.1 Å². The van der Waals surface area contributed by atoms with E-state index in [4.69, 9.17) is 0 Å². The van der Waals surface area contributed by atoms with Crippen LogP contribution in [0.5, 0.6) is 0 Å². The highest BCUT2D eigenvalue weighted by Crippen LogP contribution is 2.28. The van der Waals surface area contributed by atoms with E-state index in [1.54, 1.807) is 41.3 Å². The first kappa shape index (κ1) is 21.8. The van der Waals surface area contributed by atoms with E-state index >= 15 is 0 Å². The van der Waals surface area contributed by atoms with Gasteiger partial charge in [0.15, 0.2) is 0 Å². The number of nitriles is 1. The second-order valence-corrected chi connectivity index (χ2v) is 9.60. The van der Waals surface area contributed by atoms with E-state index in [9.17, 15) is 18.5 Å². The predicted molar refractivity (Wildman–Crippen MR) is 123 cm³/mol. The number of hydrogen-bond acceptors (Lipinski definition) is 4. The van der Waals surface area contributed by atoms with Crippen molar-refractivity contribution < 1.29 is 13.2 Å². The number of benzene rings is 3. The van der Waals surface area contributed by atoms with Crippen LogP contribution in [-0.4, -0.2) is 49.7 Å². The summed E-state index contributed by atoms with van der Waals surface area (Å²) in [6.07, 6.45) is 0. The number of rotatable bonds is 5. The van der Waals surface area contributed by atoms with E-state index in [2.05, 4.69) is 6.07 Å². The summed E-state index contributed by atoms with van der Waals surface area (Å²) in [7, 11) is -3.45. The Balaban J connectivity index is 1.50. The summed E-state index contributed by atoms with van der Waals surface area (Å²) in [5, 5.41) is 9.46. The molecule has 3 aromatic carbocycles. The Bertz CT molecular complexity index is 1260. The molecule has 32 heavy (non-hydrogen) atoms. The Kier molecular flexibility index (Phi) is 6.35. The zero-order chi connectivity index (χ0) is 22.6. The van der Waals surface area contributed by atoms with Crippen LogP contribution in [0.4, 0.5) is 0 Å². The topological polar surface area (TPSA) is 81.5 Å². The lowest BCUT2D eigenvalue weighted by molar-refractivity contribution is 0.0698. The average molecular weight is 446 g/mol. The molecular weight excluding hydrogens is 422 g/mol. The van der Waals surface area contributed by atoms with Gasteiger partial charge in [0, 0.05) is 37.3 Å². The van der Waals surface area contributed by atoms with E-state index in [1.165, 1.54) is 4.31 Å². The quantitative estimate of drug-likeness (QED) is 0.602. The van der Waals surface area contributed by atoms with Gasteiger partial charge in [0.1, 0.15) is 0 Å². The van der Waals surface area contributed by atoms with Crippen molar-refractivity contribution in [2.24, 2.45) is 0 Å². The van der Waals surface area contributed by atoms with Crippen molar-refractivity contribution in [3.63, 3.8) is 0 Å². The van der Waals surface area contributed by atoms with Crippen molar-refractivity contribution in [3.05, 3.63) is 95.6 Å². The third-order valence-corrected chi connectivity index (χ3v) is 7.46. The molecule has 7 heteroatoms. The third-order valence-electron chi connectivity index (χ3n) is 5.61. The summed E-state index contributed by atoms with van der Waals surface area (Å²) in [5.74, 6) is -0.205. The number of amides is 1. The van der Waals surface area contributed by atoms with Crippen LogP contribution in [-0.2, 0) is 15.8 Å². The highest BCUT2D eigenvalue weighted by molar-refractivity contribution is 7.88. The number of carbonyl (C=O) groups is 1. The van der Waals surface area contributed by atoms with Crippen LogP contribution in [0.1, 0.15) is 21.5 Å². The van der Waals surface area contributed by atoms with Crippen LogP contribution in [0.15, 0.2) is 78.9 Å². The lowest BCUT2D eigenvalue weighted by Crippen LogP contribution is -2.50. The minimum absolute atomic E-state index is 0.0461. The third kappa shape index (κ3) is 4.57. The number of nitrogens with zero attached hydrogens (tertiary/aromatic N) is 3. The highest BCUT2D eigenvalue weighted by Gasteiger charge is 2.30. The highest BCUT2D eigenvalue weighted by atomic mass is 32.2. The molecule has 0 aromatic heterocycles. The molecule has 4 rings (SSSR count). The van der Waals surface area contributed by atoms with Gasteiger partial charge in [-0.2, -0.15) is 9.57 Å². The zero-order valence-electron chi connectivity index (χ0n) is 17.5. The fraction of sp³-hybridized carbons (Fsp3) is 0.200. The van der Waals surface area contributed by atoms with E-state index in [-0.39, 0.29) is 24.7 Å². The summed E-state index contributed by atoms with van der Waals surface area (Å²) < 4.78 is 27.1. The molecule has 0 N–H and O–H groups in total. The van der Waals surface area contributed by atoms with Gasteiger partial charge in [-0.05, 0) is 23.3 Å². The summed E-state index contributed by atoms with van der Waals surface area (Å²) in [6, 6.07) is 25.7. The molecule has 3 aromatic rings. The molecule has 162 valence electrons. The van der Waals surface area contributed by atoms with Gasteiger partial charge in [0.05, 0.1) is 17.4 Å². The first-order valence-electron chi connectivity index (χ1n) is 10.4. The predicted octanol–water partition coefficient (Wildman–Crippen LogP) is 3.51. The van der Waals surface area contributed by atoms with E-state index in [0.717, 1.165) is 5.56 Å². The molecule has 0 bridgehead atoms. The molecule has 0 spiro atoms. The van der Waals surface area contributed by atoms with Crippen LogP contribution in [0.2, 0.25) is 0 Å². The molecule has 6 nitrogen and oxygen atoms in total. The van der Waals surface area contributed by atoms with Gasteiger partial charge in [-0.15, -0.1) is 0 Å². The van der Waals surface area contributed by atoms with Gasteiger partial charge < -0.3 is 4.90 Å². The molecule has 0 unspecified atom stereocenters. The zero-order valence-corrected chi connectivity index (χ0v) is 18.3. The maximum Gasteiger partial charge on any atom is 0.254 e. The molecule has 0 aliphatic carbocycles.